The van der Waals surface area contributed by atoms with Crippen molar-refractivity contribution in [1.29, 1.82) is 0 Å². The molecule has 0 radical (unpaired) electrons. The van der Waals surface area contributed by atoms with Crippen molar-refractivity contribution >= 4 is 65.9 Å². The van der Waals surface area contributed by atoms with Gasteiger partial charge in [0.1, 0.15) is 0 Å². The normalized spacial score (nSPS) is 11.1. The van der Waals surface area contributed by atoms with Crippen LogP contribution in [0.3, 0.4) is 0 Å². The first-order valence-electron chi connectivity index (χ1n) is 5.73. The Bertz CT molecular complexity index is 621. The molecule has 0 atom stereocenters. The Balaban J connectivity index is 1.73. The zero-order valence-electron chi connectivity index (χ0n) is 9.86. The second kappa shape index (κ2) is 6.22. The smallest absolute Gasteiger partial charge is 0.0734 e. The lowest BCUT2D eigenvalue weighted by molar-refractivity contribution is 1.25. The van der Waals surface area contributed by atoms with E-state index < -0.39 is 0 Å². The summed E-state index contributed by atoms with van der Waals surface area (Å²) in [4.78, 5) is 2.86. The largest absolute Gasteiger partial charge is 0.145 e. The van der Waals surface area contributed by atoms with Crippen molar-refractivity contribution in [3.05, 3.63) is 63.5 Å². The third-order valence-corrected chi connectivity index (χ3v) is 7.54. The lowest BCUT2D eigenvalue weighted by Crippen LogP contribution is -1.81. The molecule has 0 unspecified atom stereocenters. The molecule has 3 aromatic heterocycles. The van der Waals surface area contributed by atoms with Crippen LogP contribution in [0.4, 0.5) is 0 Å². The van der Waals surface area contributed by atoms with E-state index in [2.05, 4.69) is 66.9 Å². The SMILES string of the molecule is Brc1sccc1Cc1ccc(Cc2ccsc2Br)s1. The van der Waals surface area contributed by atoms with Crippen LogP contribution in [0.1, 0.15) is 20.9 Å². The fourth-order valence-electron chi connectivity index (χ4n) is 1.88. The Labute approximate surface area is 141 Å². The van der Waals surface area contributed by atoms with E-state index in [4.69, 9.17) is 0 Å². The number of hydrogen-bond donors (Lipinski definition) is 0. The summed E-state index contributed by atoms with van der Waals surface area (Å²) >= 11 is 12.6. The Morgan fingerprint density at radius 1 is 0.737 bits per heavy atom. The highest BCUT2D eigenvalue weighted by atomic mass is 79.9. The second-order valence-corrected chi connectivity index (χ2v) is 9.88. The summed E-state index contributed by atoms with van der Waals surface area (Å²) in [5.41, 5.74) is 2.77. The third-order valence-electron chi connectivity index (χ3n) is 2.83. The molecule has 0 aliphatic carbocycles. The lowest BCUT2D eigenvalue weighted by Gasteiger charge is -1.97. The van der Waals surface area contributed by atoms with E-state index in [1.807, 2.05) is 11.3 Å². The molecule has 0 fully saturated rings. The zero-order valence-corrected chi connectivity index (χ0v) is 15.5. The number of hydrogen-bond acceptors (Lipinski definition) is 3. The molecule has 0 amide bonds. The Hall–Kier alpha value is 0.0600. The summed E-state index contributed by atoms with van der Waals surface area (Å²) in [5, 5.41) is 4.27. The van der Waals surface area contributed by atoms with Gasteiger partial charge in [-0.25, -0.2) is 0 Å². The predicted octanol–water partition coefficient (Wildman–Crippen LogP) is 6.58. The van der Waals surface area contributed by atoms with E-state index >= 15 is 0 Å². The van der Waals surface area contributed by atoms with Gasteiger partial charge in [0.2, 0.25) is 0 Å². The topological polar surface area (TPSA) is 0 Å². The van der Waals surface area contributed by atoms with Crippen LogP contribution < -0.4 is 0 Å². The maximum Gasteiger partial charge on any atom is 0.0734 e. The van der Waals surface area contributed by atoms with Gasteiger partial charge in [-0.15, -0.1) is 34.0 Å². The minimum absolute atomic E-state index is 1.03. The van der Waals surface area contributed by atoms with Crippen molar-refractivity contribution in [1.82, 2.24) is 0 Å². The quantitative estimate of drug-likeness (QED) is 0.435. The number of rotatable bonds is 4. The highest BCUT2D eigenvalue weighted by Gasteiger charge is 2.08. The van der Waals surface area contributed by atoms with Crippen molar-refractivity contribution in [2.24, 2.45) is 0 Å². The molecule has 98 valence electrons. The Morgan fingerprint density at radius 3 is 1.58 bits per heavy atom. The monoisotopic (exact) mass is 432 g/mol. The summed E-state index contributed by atoms with van der Waals surface area (Å²) in [6.07, 6.45) is 2.05. The van der Waals surface area contributed by atoms with Gasteiger partial charge in [0.05, 0.1) is 7.57 Å². The van der Waals surface area contributed by atoms with Gasteiger partial charge >= 0.3 is 0 Å². The first kappa shape index (κ1) is 14.0. The summed E-state index contributed by atoms with van der Waals surface area (Å²) in [5.74, 6) is 0. The maximum atomic E-state index is 3.61. The molecule has 0 nitrogen and oxygen atoms in total. The average molecular weight is 434 g/mol. The molecule has 3 aromatic rings. The molecule has 0 bridgehead atoms. The molecule has 0 saturated carbocycles. The van der Waals surface area contributed by atoms with E-state index in [0.29, 0.717) is 0 Å². The molecule has 19 heavy (non-hydrogen) atoms. The van der Waals surface area contributed by atoms with Crippen LogP contribution in [0.15, 0.2) is 42.6 Å². The summed E-state index contributed by atoms with van der Waals surface area (Å²) in [7, 11) is 0. The van der Waals surface area contributed by atoms with Gasteiger partial charge in [0, 0.05) is 22.6 Å². The van der Waals surface area contributed by atoms with E-state index in [1.165, 1.54) is 28.5 Å². The zero-order chi connectivity index (χ0) is 13.2. The van der Waals surface area contributed by atoms with Crippen LogP contribution in [0.5, 0.6) is 0 Å². The highest BCUT2D eigenvalue weighted by molar-refractivity contribution is 9.11. The van der Waals surface area contributed by atoms with Gasteiger partial charge in [-0.1, -0.05) is 0 Å². The van der Waals surface area contributed by atoms with Gasteiger partial charge in [-0.3, -0.25) is 0 Å². The minimum atomic E-state index is 1.03. The van der Waals surface area contributed by atoms with Gasteiger partial charge in [-0.05, 0) is 78.0 Å². The summed E-state index contributed by atoms with van der Waals surface area (Å²) in [6, 6.07) is 8.90. The Morgan fingerprint density at radius 2 is 1.21 bits per heavy atom. The second-order valence-electron chi connectivity index (χ2n) is 4.16. The van der Waals surface area contributed by atoms with E-state index in [1.54, 1.807) is 22.7 Å². The van der Waals surface area contributed by atoms with E-state index in [-0.39, 0.29) is 0 Å². The highest BCUT2D eigenvalue weighted by Crippen LogP contribution is 2.31. The first-order chi connectivity index (χ1) is 9.22. The number of thiophene rings is 3. The standard InChI is InChI=1S/C14H10Br2S3/c15-13-9(3-5-17-13)7-11-1-2-12(19-11)8-10-4-6-18-14(10)16/h1-6H,7-8H2. The van der Waals surface area contributed by atoms with Crippen molar-refractivity contribution in [3.8, 4) is 0 Å². The lowest BCUT2D eigenvalue weighted by atomic mass is 10.2. The minimum Gasteiger partial charge on any atom is -0.145 e. The molecule has 0 spiro atoms. The van der Waals surface area contributed by atoms with E-state index in [9.17, 15) is 0 Å². The van der Waals surface area contributed by atoms with Crippen LogP contribution in [-0.4, -0.2) is 0 Å². The summed E-state index contributed by atoms with van der Waals surface area (Å²) in [6.45, 7) is 0. The fourth-order valence-corrected chi connectivity index (χ4v) is 5.42. The molecule has 0 aliphatic heterocycles. The molecule has 0 aliphatic rings. The summed E-state index contributed by atoms with van der Waals surface area (Å²) < 4.78 is 2.51. The van der Waals surface area contributed by atoms with Crippen molar-refractivity contribution < 1.29 is 0 Å². The molecular weight excluding hydrogens is 424 g/mol. The third kappa shape index (κ3) is 3.39. The average Bonchev–Trinajstić information content (AvgIpc) is 3.07. The van der Waals surface area contributed by atoms with Crippen LogP contribution in [0.2, 0.25) is 0 Å². The van der Waals surface area contributed by atoms with Crippen molar-refractivity contribution in [3.63, 3.8) is 0 Å². The van der Waals surface area contributed by atoms with Gasteiger partial charge in [-0.2, -0.15) is 0 Å². The molecule has 0 saturated heterocycles. The molecule has 5 heteroatoms. The van der Waals surface area contributed by atoms with Crippen LogP contribution >= 0.6 is 65.9 Å². The van der Waals surface area contributed by atoms with Crippen LogP contribution in [0, 0.1) is 0 Å². The van der Waals surface area contributed by atoms with Crippen molar-refractivity contribution in [2.45, 2.75) is 12.8 Å². The molecular formula is C14H10Br2S3. The van der Waals surface area contributed by atoms with Gasteiger partial charge in [0.15, 0.2) is 0 Å². The molecule has 3 rings (SSSR count). The molecule has 3 heterocycles. The molecule has 0 aromatic carbocycles. The predicted molar refractivity (Wildman–Crippen MR) is 94.0 cm³/mol. The Kier molecular flexibility index (Phi) is 4.59. The van der Waals surface area contributed by atoms with Crippen LogP contribution in [-0.2, 0) is 12.8 Å². The number of halogens is 2. The van der Waals surface area contributed by atoms with Gasteiger partial charge in [0.25, 0.3) is 0 Å². The van der Waals surface area contributed by atoms with E-state index in [0.717, 1.165) is 12.8 Å². The first-order valence-corrected chi connectivity index (χ1v) is 9.90. The maximum absolute atomic E-state index is 3.61. The van der Waals surface area contributed by atoms with Crippen molar-refractivity contribution in [2.75, 3.05) is 0 Å². The molecule has 0 N–H and O–H groups in total. The van der Waals surface area contributed by atoms with Crippen LogP contribution in [0.25, 0.3) is 0 Å². The fraction of sp³-hybridized carbons (Fsp3) is 0.143. The van der Waals surface area contributed by atoms with Gasteiger partial charge < -0.3 is 0 Å².